The van der Waals surface area contributed by atoms with Gasteiger partial charge in [0.2, 0.25) is 5.91 Å². The molecule has 1 aromatic rings. The summed E-state index contributed by atoms with van der Waals surface area (Å²) in [7, 11) is 0. The zero-order chi connectivity index (χ0) is 17.8. The Labute approximate surface area is 142 Å². The average Bonchev–Trinajstić information content (AvgIpc) is 3.02. The number of aliphatic hydroxyl groups excluding tert-OH is 1. The van der Waals surface area contributed by atoms with E-state index in [1.807, 2.05) is 13.8 Å². The van der Waals surface area contributed by atoms with E-state index in [9.17, 15) is 18.7 Å². The lowest BCUT2D eigenvalue weighted by Gasteiger charge is -2.29. The van der Waals surface area contributed by atoms with Crippen LogP contribution in [0.2, 0.25) is 0 Å². The molecule has 1 aromatic carbocycles. The predicted octanol–water partition coefficient (Wildman–Crippen LogP) is 3.69. The smallest absolute Gasteiger partial charge is 0.230 e. The second-order valence-corrected chi connectivity index (χ2v) is 7.60. The summed E-state index contributed by atoms with van der Waals surface area (Å²) in [5.41, 5.74) is -0.752. The summed E-state index contributed by atoms with van der Waals surface area (Å²) in [6.07, 6.45) is 4.44. The van der Waals surface area contributed by atoms with Gasteiger partial charge in [-0.1, -0.05) is 32.8 Å². The van der Waals surface area contributed by atoms with Crippen LogP contribution < -0.4 is 5.32 Å². The van der Waals surface area contributed by atoms with Crippen LogP contribution in [0.25, 0.3) is 0 Å². The van der Waals surface area contributed by atoms with Crippen LogP contribution in [0.4, 0.5) is 8.78 Å². The molecule has 2 rings (SSSR count). The predicted molar refractivity (Wildman–Crippen MR) is 89.6 cm³/mol. The van der Waals surface area contributed by atoms with Crippen LogP contribution in [0, 0.1) is 17.0 Å². The molecular formula is C19H27F2NO2. The molecule has 5 heteroatoms. The molecule has 24 heavy (non-hydrogen) atoms. The summed E-state index contributed by atoms with van der Waals surface area (Å²) in [6.45, 7) is 4.54. The SMILES string of the molecule is CC(C)(CO)CCCNC(=O)C1(c2ccc(F)cc2F)CCCC1. The van der Waals surface area contributed by atoms with Crippen LogP contribution in [0.5, 0.6) is 0 Å². The Morgan fingerprint density at radius 2 is 1.96 bits per heavy atom. The number of aliphatic hydroxyl groups is 1. The van der Waals surface area contributed by atoms with Crippen LogP contribution in [-0.4, -0.2) is 24.2 Å². The van der Waals surface area contributed by atoms with Gasteiger partial charge in [0.25, 0.3) is 0 Å². The third kappa shape index (κ3) is 4.12. The molecule has 0 spiro atoms. The third-order valence-electron chi connectivity index (χ3n) is 5.08. The van der Waals surface area contributed by atoms with Gasteiger partial charge in [-0.15, -0.1) is 0 Å². The van der Waals surface area contributed by atoms with Crippen LogP contribution in [-0.2, 0) is 10.2 Å². The fourth-order valence-electron chi connectivity index (χ4n) is 3.49. The van der Waals surface area contributed by atoms with E-state index in [0.717, 1.165) is 31.7 Å². The number of rotatable bonds is 7. The van der Waals surface area contributed by atoms with Crippen molar-refractivity contribution >= 4 is 5.91 Å². The number of carbonyl (C=O) groups excluding carboxylic acids is 1. The first-order chi connectivity index (χ1) is 11.3. The second kappa shape index (κ2) is 7.60. The molecule has 0 saturated heterocycles. The van der Waals surface area contributed by atoms with Gasteiger partial charge in [-0.3, -0.25) is 4.79 Å². The first-order valence-corrected chi connectivity index (χ1v) is 8.65. The maximum Gasteiger partial charge on any atom is 0.230 e. The molecular weight excluding hydrogens is 312 g/mol. The number of benzene rings is 1. The minimum absolute atomic E-state index is 0.103. The first-order valence-electron chi connectivity index (χ1n) is 8.65. The normalized spacial score (nSPS) is 17.0. The van der Waals surface area contributed by atoms with Crippen LogP contribution in [0.15, 0.2) is 18.2 Å². The summed E-state index contributed by atoms with van der Waals surface area (Å²) in [5.74, 6) is -1.45. The van der Waals surface area contributed by atoms with E-state index >= 15 is 0 Å². The number of hydrogen-bond acceptors (Lipinski definition) is 2. The van der Waals surface area contributed by atoms with Gasteiger partial charge >= 0.3 is 0 Å². The van der Waals surface area contributed by atoms with Crippen molar-refractivity contribution in [2.75, 3.05) is 13.2 Å². The molecule has 0 aliphatic heterocycles. The summed E-state index contributed by atoms with van der Waals surface area (Å²) in [4.78, 5) is 12.8. The van der Waals surface area contributed by atoms with Crippen molar-refractivity contribution in [3.05, 3.63) is 35.4 Å². The fraction of sp³-hybridized carbons (Fsp3) is 0.632. The number of amides is 1. The van der Waals surface area contributed by atoms with E-state index in [4.69, 9.17) is 0 Å². The Morgan fingerprint density at radius 3 is 2.54 bits per heavy atom. The average molecular weight is 339 g/mol. The van der Waals surface area contributed by atoms with Gasteiger partial charge in [0, 0.05) is 24.8 Å². The standard InChI is InChI=1S/C19H27F2NO2/c1-18(2,13-23)8-5-11-22-17(24)19(9-3-4-10-19)15-7-6-14(20)12-16(15)21/h6-7,12,23H,3-5,8-11,13H2,1-2H3,(H,22,24). The van der Waals surface area contributed by atoms with Gasteiger partial charge in [0.05, 0.1) is 5.41 Å². The van der Waals surface area contributed by atoms with Crippen molar-refractivity contribution in [1.29, 1.82) is 0 Å². The highest BCUT2D eigenvalue weighted by Gasteiger charge is 2.44. The lowest BCUT2D eigenvalue weighted by Crippen LogP contribution is -2.43. The largest absolute Gasteiger partial charge is 0.396 e. The van der Waals surface area contributed by atoms with Crippen LogP contribution >= 0.6 is 0 Å². The highest BCUT2D eigenvalue weighted by molar-refractivity contribution is 5.88. The summed E-state index contributed by atoms with van der Waals surface area (Å²) in [6, 6.07) is 3.48. The Hall–Kier alpha value is -1.49. The van der Waals surface area contributed by atoms with E-state index in [1.165, 1.54) is 12.1 Å². The highest BCUT2D eigenvalue weighted by Crippen LogP contribution is 2.42. The van der Waals surface area contributed by atoms with Gasteiger partial charge < -0.3 is 10.4 Å². The quantitative estimate of drug-likeness (QED) is 0.744. The van der Waals surface area contributed by atoms with Crippen LogP contribution in [0.3, 0.4) is 0 Å². The van der Waals surface area contributed by atoms with Gasteiger partial charge in [-0.2, -0.15) is 0 Å². The van der Waals surface area contributed by atoms with Gasteiger partial charge in [0.1, 0.15) is 11.6 Å². The molecule has 0 unspecified atom stereocenters. The molecule has 0 bridgehead atoms. The van der Waals surface area contributed by atoms with Crippen molar-refractivity contribution < 1.29 is 18.7 Å². The minimum Gasteiger partial charge on any atom is -0.396 e. The van der Waals surface area contributed by atoms with Crippen molar-refractivity contribution in [2.45, 2.75) is 57.8 Å². The Balaban J connectivity index is 2.06. The maximum atomic E-state index is 14.3. The molecule has 1 aliphatic rings. The molecule has 0 radical (unpaired) electrons. The monoisotopic (exact) mass is 339 g/mol. The summed E-state index contributed by atoms with van der Waals surface area (Å²) >= 11 is 0. The molecule has 0 atom stereocenters. The zero-order valence-electron chi connectivity index (χ0n) is 14.5. The van der Waals surface area contributed by atoms with E-state index in [2.05, 4.69) is 5.32 Å². The van der Waals surface area contributed by atoms with Gasteiger partial charge in [0.15, 0.2) is 0 Å². The van der Waals surface area contributed by atoms with E-state index in [1.54, 1.807) is 0 Å². The van der Waals surface area contributed by atoms with Crippen LogP contribution in [0.1, 0.15) is 57.9 Å². The van der Waals surface area contributed by atoms with Crippen molar-refractivity contribution in [1.82, 2.24) is 5.32 Å². The number of hydrogen-bond donors (Lipinski definition) is 2. The van der Waals surface area contributed by atoms with Crippen molar-refractivity contribution in [3.8, 4) is 0 Å². The van der Waals surface area contributed by atoms with E-state index in [-0.39, 0.29) is 17.9 Å². The van der Waals surface area contributed by atoms with Gasteiger partial charge in [-0.25, -0.2) is 8.78 Å². The minimum atomic E-state index is -0.885. The topological polar surface area (TPSA) is 49.3 Å². The third-order valence-corrected chi connectivity index (χ3v) is 5.08. The molecule has 3 nitrogen and oxygen atoms in total. The highest BCUT2D eigenvalue weighted by atomic mass is 19.1. The number of halogens is 2. The Kier molecular flexibility index (Phi) is 5.97. The molecule has 0 heterocycles. The Morgan fingerprint density at radius 1 is 1.29 bits per heavy atom. The lowest BCUT2D eigenvalue weighted by molar-refractivity contribution is -0.126. The second-order valence-electron chi connectivity index (χ2n) is 7.60. The molecule has 134 valence electrons. The molecule has 1 aliphatic carbocycles. The molecule has 2 N–H and O–H groups in total. The first kappa shape index (κ1) is 18.8. The summed E-state index contributed by atoms with van der Waals surface area (Å²) < 4.78 is 27.4. The van der Waals surface area contributed by atoms with Crippen molar-refractivity contribution in [3.63, 3.8) is 0 Å². The van der Waals surface area contributed by atoms with E-state index in [0.29, 0.717) is 24.9 Å². The van der Waals surface area contributed by atoms with Gasteiger partial charge in [-0.05, 0) is 37.2 Å². The lowest BCUT2D eigenvalue weighted by atomic mass is 9.77. The van der Waals surface area contributed by atoms with Crippen molar-refractivity contribution in [2.24, 2.45) is 5.41 Å². The Bertz CT molecular complexity index is 581. The van der Waals surface area contributed by atoms with E-state index < -0.39 is 17.0 Å². The number of carbonyl (C=O) groups is 1. The summed E-state index contributed by atoms with van der Waals surface area (Å²) in [5, 5.41) is 12.2. The molecule has 1 amide bonds. The zero-order valence-corrected chi connectivity index (χ0v) is 14.5. The molecule has 1 fully saturated rings. The molecule has 0 aromatic heterocycles. The number of nitrogens with one attached hydrogen (secondary N) is 1. The fourth-order valence-corrected chi connectivity index (χ4v) is 3.49. The molecule has 1 saturated carbocycles. The maximum absolute atomic E-state index is 14.3.